The van der Waals surface area contributed by atoms with Gasteiger partial charge in [-0.1, -0.05) is 0 Å². The lowest BCUT2D eigenvalue weighted by atomic mass is 10.2. The molecule has 0 bridgehead atoms. The Kier molecular flexibility index (Phi) is 3.97. The van der Waals surface area contributed by atoms with Gasteiger partial charge in [0.1, 0.15) is 5.69 Å². The maximum Gasteiger partial charge on any atom is 0.270 e. The van der Waals surface area contributed by atoms with E-state index in [0.717, 1.165) is 16.7 Å². The van der Waals surface area contributed by atoms with Crippen LogP contribution < -0.4 is 0 Å². The monoisotopic (exact) mass is 272 g/mol. The number of amides is 1. The standard InChI is InChI=1S/C11H17BrN2O/c1-5-14(8(2)3)11(15)10-6-9(12)7-13(10)4/h6-8H,5H2,1-4H3. The molecule has 1 heterocycles. The summed E-state index contributed by atoms with van der Waals surface area (Å²) in [5, 5.41) is 0. The molecule has 1 aromatic rings. The molecule has 3 nitrogen and oxygen atoms in total. The number of carbonyl (C=O) groups is 1. The smallest absolute Gasteiger partial charge is 0.270 e. The lowest BCUT2D eigenvalue weighted by molar-refractivity contribution is 0.0707. The number of hydrogen-bond donors (Lipinski definition) is 0. The highest BCUT2D eigenvalue weighted by molar-refractivity contribution is 9.10. The van der Waals surface area contributed by atoms with Crippen molar-refractivity contribution in [2.24, 2.45) is 7.05 Å². The Balaban J connectivity index is 2.97. The molecule has 0 N–H and O–H groups in total. The fourth-order valence-corrected chi connectivity index (χ4v) is 2.15. The van der Waals surface area contributed by atoms with Crippen molar-refractivity contribution in [2.45, 2.75) is 26.8 Å². The minimum absolute atomic E-state index is 0.0840. The predicted molar refractivity (Wildman–Crippen MR) is 65.0 cm³/mol. The number of carbonyl (C=O) groups excluding carboxylic acids is 1. The Morgan fingerprint density at radius 1 is 1.60 bits per heavy atom. The van der Waals surface area contributed by atoms with Gasteiger partial charge in [-0.15, -0.1) is 0 Å². The molecule has 0 aromatic carbocycles. The van der Waals surface area contributed by atoms with E-state index in [0.29, 0.717) is 0 Å². The molecule has 0 unspecified atom stereocenters. The van der Waals surface area contributed by atoms with Crippen LogP contribution in [0.3, 0.4) is 0 Å². The van der Waals surface area contributed by atoms with E-state index < -0.39 is 0 Å². The molecule has 0 aliphatic heterocycles. The highest BCUT2D eigenvalue weighted by atomic mass is 79.9. The molecular formula is C11H17BrN2O. The predicted octanol–water partition coefficient (Wildman–Crippen LogP) is 2.66. The Labute approximate surface area is 99.2 Å². The van der Waals surface area contributed by atoms with E-state index in [9.17, 15) is 4.79 Å². The molecule has 0 saturated carbocycles. The van der Waals surface area contributed by atoms with Gasteiger partial charge in [0.15, 0.2) is 0 Å². The lowest BCUT2D eigenvalue weighted by Gasteiger charge is -2.25. The molecule has 0 atom stereocenters. The molecule has 0 radical (unpaired) electrons. The molecule has 15 heavy (non-hydrogen) atoms. The first-order chi connectivity index (χ1) is 6.97. The van der Waals surface area contributed by atoms with Crippen LogP contribution in [0.2, 0.25) is 0 Å². The van der Waals surface area contributed by atoms with Crippen molar-refractivity contribution in [1.29, 1.82) is 0 Å². The molecule has 1 rings (SSSR count). The van der Waals surface area contributed by atoms with Crippen molar-refractivity contribution in [2.75, 3.05) is 6.54 Å². The molecule has 1 aromatic heterocycles. The number of aromatic nitrogens is 1. The zero-order valence-electron chi connectivity index (χ0n) is 9.62. The third-order valence-electron chi connectivity index (χ3n) is 2.42. The molecule has 0 saturated heterocycles. The second-order valence-corrected chi connectivity index (χ2v) is 4.76. The van der Waals surface area contributed by atoms with Crippen molar-refractivity contribution in [3.63, 3.8) is 0 Å². The fourth-order valence-electron chi connectivity index (χ4n) is 1.63. The molecule has 0 spiro atoms. The summed E-state index contributed by atoms with van der Waals surface area (Å²) in [5.41, 5.74) is 0.720. The van der Waals surface area contributed by atoms with E-state index in [1.54, 1.807) is 0 Å². The van der Waals surface area contributed by atoms with Crippen molar-refractivity contribution in [1.82, 2.24) is 9.47 Å². The van der Waals surface area contributed by atoms with Crippen molar-refractivity contribution < 1.29 is 4.79 Å². The van der Waals surface area contributed by atoms with Gasteiger partial charge >= 0.3 is 0 Å². The van der Waals surface area contributed by atoms with E-state index in [1.807, 2.05) is 49.5 Å². The van der Waals surface area contributed by atoms with Gasteiger partial charge in [0, 0.05) is 30.3 Å². The summed E-state index contributed by atoms with van der Waals surface area (Å²) in [7, 11) is 1.88. The topological polar surface area (TPSA) is 25.2 Å². The highest BCUT2D eigenvalue weighted by Gasteiger charge is 2.19. The molecule has 4 heteroatoms. The summed E-state index contributed by atoms with van der Waals surface area (Å²) in [6.07, 6.45) is 1.89. The van der Waals surface area contributed by atoms with Crippen LogP contribution in [-0.4, -0.2) is 28.0 Å². The van der Waals surface area contributed by atoms with Crippen LogP contribution >= 0.6 is 15.9 Å². The van der Waals surface area contributed by atoms with Gasteiger partial charge in [-0.3, -0.25) is 4.79 Å². The largest absolute Gasteiger partial charge is 0.345 e. The second kappa shape index (κ2) is 4.84. The van der Waals surface area contributed by atoms with E-state index in [1.165, 1.54) is 0 Å². The number of nitrogens with zero attached hydrogens (tertiary/aromatic N) is 2. The van der Waals surface area contributed by atoms with E-state index >= 15 is 0 Å². The average molecular weight is 273 g/mol. The average Bonchev–Trinajstić information content (AvgIpc) is 2.45. The Morgan fingerprint density at radius 2 is 2.20 bits per heavy atom. The van der Waals surface area contributed by atoms with Gasteiger partial charge < -0.3 is 9.47 Å². The quantitative estimate of drug-likeness (QED) is 0.831. The third kappa shape index (κ3) is 2.62. The maximum absolute atomic E-state index is 12.1. The number of aryl methyl sites for hydroxylation is 1. The summed E-state index contributed by atoms with van der Waals surface area (Å²) in [6, 6.07) is 2.09. The summed E-state index contributed by atoms with van der Waals surface area (Å²) < 4.78 is 2.78. The van der Waals surface area contributed by atoms with Crippen LogP contribution in [0, 0.1) is 0 Å². The van der Waals surface area contributed by atoms with E-state index in [2.05, 4.69) is 15.9 Å². The maximum atomic E-state index is 12.1. The Bertz CT molecular complexity index is 357. The fraction of sp³-hybridized carbons (Fsp3) is 0.545. The SMILES string of the molecule is CCN(C(=O)c1cc(Br)cn1C)C(C)C. The van der Waals surface area contributed by atoms with Crippen molar-refractivity contribution in [3.05, 3.63) is 22.4 Å². The molecular weight excluding hydrogens is 256 g/mol. The second-order valence-electron chi connectivity index (χ2n) is 3.84. The van der Waals surface area contributed by atoms with Gasteiger partial charge in [-0.25, -0.2) is 0 Å². The Hall–Kier alpha value is -0.770. The van der Waals surface area contributed by atoms with E-state index in [4.69, 9.17) is 0 Å². The summed E-state index contributed by atoms with van der Waals surface area (Å²) in [4.78, 5) is 14.0. The molecule has 0 fully saturated rings. The minimum Gasteiger partial charge on any atom is -0.345 e. The Morgan fingerprint density at radius 3 is 2.53 bits per heavy atom. The molecule has 1 amide bonds. The normalized spacial score (nSPS) is 10.8. The number of hydrogen-bond acceptors (Lipinski definition) is 1. The van der Waals surface area contributed by atoms with Crippen LogP contribution in [-0.2, 0) is 7.05 Å². The zero-order chi connectivity index (χ0) is 11.6. The summed E-state index contributed by atoms with van der Waals surface area (Å²) in [6.45, 7) is 6.79. The van der Waals surface area contributed by atoms with Gasteiger partial charge in [0.25, 0.3) is 5.91 Å². The van der Waals surface area contributed by atoms with Crippen LogP contribution in [0.25, 0.3) is 0 Å². The van der Waals surface area contributed by atoms with Gasteiger partial charge in [-0.05, 0) is 42.8 Å². The first-order valence-corrected chi connectivity index (χ1v) is 5.89. The van der Waals surface area contributed by atoms with Crippen LogP contribution in [0.4, 0.5) is 0 Å². The van der Waals surface area contributed by atoms with Gasteiger partial charge in [0.2, 0.25) is 0 Å². The summed E-state index contributed by atoms with van der Waals surface area (Å²) >= 11 is 3.37. The van der Waals surface area contributed by atoms with Gasteiger partial charge in [-0.2, -0.15) is 0 Å². The minimum atomic E-state index is 0.0840. The van der Waals surface area contributed by atoms with Crippen LogP contribution in [0.5, 0.6) is 0 Å². The first-order valence-electron chi connectivity index (χ1n) is 5.10. The first kappa shape index (κ1) is 12.3. The number of rotatable bonds is 3. The molecule has 84 valence electrons. The van der Waals surface area contributed by atoms with Gasteiger partial charge in [0.05, 0.1) is 0 Å². The molecule has 0 aliphatic carbocycles. The third-order valence-corrected chi connectivity index (χ3v) is 2.85. The summed E-state index contributed by atoms with van der Waals surface area (Å²) in [5.74, 6) is 0.0840. The van der Waals surface area contributed by atoms with Crippen molar-refractivity contribution in [3.8, 4) is 0 Å². The van der Waals surface area contributed by atoms with E-state index in [-0.39, 0.29) is 11.9 Å². The molecule has 0 aliphatic rings. The van der Waals surface area contributed by atoms with Crippen LogP contribution in [0.15, 0.2) is 16.7 Å². The van der Waals surface area contributed by atoms with Crippen molar-refractivity contribution >= 4 is 21.8 Å². The van der Waals surface area contributed by atoms with Crippen LogP contribution in [0.1, 0.15) is 31.3 Å². The zero-order valence-corrected chi connectivity index (χ0v) is 11.2. The highest BCUT2D eigenvalue weighted by Crippen LogP contribution is 2.16. The lowest BCUT2D eigenvalue weighted by Crippen LogP contribution is -2.37. The number of halogens is 1.